The highest BCUT2D eigenvalue weighted by Gasteiger charge is 2.35. The number of hydrogen-bond acceptors (Lipinski definition) is 5. The molecule has 0 saturated carbocycles. The summed E-state index contributed by atoms with van der Waals surface area (Å²) in [7, 11) is 1.77. The second-order valence-corrected chi connectivity index (χ2v) is 10.2. The van der Waals surface area contributed by atoms with Crippen LogP contribution in [0.25, 0.3) is 10.8 Å². The van der Waals surface area contributed by atoms with Crippen LogP contribution in [0.4, 0.5) is 0 Å². The lowest BCUT2D eigenvalue weighted by Gasteiger charge is -2.38. The van der Waals surface area contributed by atoms with E-state index in [4.69, 9.17) is 18.9 Å². The average Bonchev–Trinajstić information content (AvgIpc) is 2.99. The zero-order valence-electron chi connectivity index (χ0n) is 22.8. The summed E-state index contributed by atoms with van der Waals surface area (Å²) in [5.74, 6) is 1.46. The molecule has 0 spiro atoms. The fraction of sp³-hybridized carbons (Fsp3) is 0.353. The summed E-state index contributed by atoms with van der Waals surface area (Å²) in [6.45, 7) is 4.95. The van der Waals surface area contributed by atoms with Crippen LogP contribution in [0.1, 0.15) is 29.0 Å². The molecule has 5 heteroatoms. The number of methoxy groups -OCH3 is 1. The molecule has 3 unspecified atom stereocenters. The smallest absolute Gasteiger partial charge is 0.119 e. The van der Waals surface area contributed by atoms with Gasteiger partial charge in [-0.05, 0) is 45.7 Å². The van der Waals surface area contributed by atoms with Gasteiger partial charge in [-0.3, -0.25) is 0 Å². The molecule has 0 amide bonds. The SMILES string of the molecule is COCC1CNCC(OCc2ccc3ccccc3c2)C1c1ccc(OCCCOCc2ccccc2)cc1. The van der Waals surface area contributed by atoms with E-state index >= 15 is 0 Å². The number of nitrogens with one attached hydrogen (secondary N) is 1. The first-order valence-corrected chi connectivity index (χ1v) is 13.9. The molecule has 3 atom stereocenters. The minimum atomic E-state index is 0.0545. The molecular weight excluding hydrogens is 486 g/mol. The zero-order valence-corrected chi connectivity index (χ0v) is 22.8. The van der Waals surface area contributed by atoms with Gasteiger partial charge in [-0.15, -0.1) is 0 Å². The number of hydrogen-bond donors (Lipinski definition) is 1. The normalized spacial score (nSPS) is 19.3. The Morgan fingerprint density at radius 1 is 0.744 bits per heavy atom. The molecule has 5 rings (SSSR count). The number of ether oxygens (including phenoxy) is 4. The lowest BCUT2D eigenvalue weighted by molar-refractivity contribution is -0.0193. The van der Waals surface area contributed by atoms with E-state index in [2.05, 4.69) is 84.2 Å². The first kappa shape index (κ1) is 27.4. The molecule has 1 N–H and O–H groups in total. The average molecular weight is 526 g/mol. The maximum absolute atomic E-state index is 6.56. The summed E-state index contributed by atoms with van der Waals surface area (Å²) in [6.07, 6.45) is 0.905. The van der Waals surface area contributed by atoms with Gasteiger partial charge >= 0.3 is 0 Å². The van der Waals surface area contributed by atoms with Gasteiger partial charge in [-0.1, -0.05) is 78.9 Å². The number of rotatable bonds is 13. The first-order valence-electron chi connectivity index (χ1n) is 13.9. The molecule has 0 radical (unpaired) electrons. The molecule has 39 heavy (non-hydrogen) atoms. The van der Waals surface area contributed by atoms with Gasteiger partial charge in [0, 0.05) is 38.5 Å². The van der Waals surface area contributed by atoms with Gasteiger partial charge in [-0.2, -0.15) is 0 Å². The number of benzene rings is 4. The number of fused-ring (bicyclic) bond motifs is 1. The van der Waals surface area contributed by atoms with E-state index in [0.717, 1.165) is 25.3 Å². The Morgan fingerprint density at radius 3 is 2.36 bits per heavy atom. The van der Waals surface area contributed by atoms with Crippen molar-refractivity contribution in [3.63, 3.8) is 0 Å². The Balaban J connectivity index is 1.16. The third kappa shape index (κ3) is 7.68. The molecule has 1 saturated heterocycles. The molecule has 1 fully saturated rings. The molecule has 1 aliphatic heterocycles. The van der Waals surface area contributed by atoms with E-state index in [1.807, 2.05) is 18.2 Å². The van der Waals surface area contributed by atoms with Gasteiger partial charge in [0.05, 0.1) is 39.1 Å². The van der Waals surface area contributed by atoms with E-state index in [0.29, 0.717) is 39.0 Å². The monoisotopic (exact) mass is 525 g/mol. The Bertz CT molecular complexity index is 1280. The molecule has 204 valence electrons. The summed E-state index contributed by atoms with van der Waals surface area (Å²) in [5, 5.41) is 6.05. The quantitative estimate of drug-likeness (QED) is 0.206. The molecule has 1 aliphatic rings. The summed E-state index contributed by atoms with van der Waals surface area (Å²) in [5.41, 5.74) is 3.65. The van der Waals surface area contributed by atoms with Gasteiger partial charge in [0.25, 0.3) is 0 Å². The van der Waals surface area contributed by atoms with Crippen molar-refractivity contribution in [3.8, 4) is 5.75 Å². The minimum absolute atomic E-state index is 0.0545. The van der Waals surface area contributed by atoms with E-state index in [-0.39, 0.29) is 12.0 Å². The fourth-order valence-electron chi connectivity index (χ4n) is 5.43. The molecular formula is C34H39NO4. The molecule has 0 aliphatic carbocycles. The van der Waals surface area contributed by atoms with Crippen molar-refractivity contribution in [2.24, 2.45) is 5.92 Å². The highest BCUT2D eigenvalue weighted by molar-refractivity contribution is 5.82. The van der Waals surface area contributed by atoms with Crippen molar-refractivity contribution in [1.82, 2.24) is 5.32 Å². The highest BCUT2D eigenvalue weighted by Crippen LogP contribution is 2.34. The van der Waals surface area contributed by atoms with Crippen molar-refractivity contribution in [2.45, 2.75) is 31.7 Å². The van der Waals surface area contributed by atoms with Crippen LogP contribution in [-0.4, -0.2) is 46.1 Å². The van der Waals surface area contributed by atoms with Gasteiger partial charge < -0.3 is 24.3 Å². The van der Waals surface area contributed by atoms with Crippen molar-refractivity contribution in [3.05, 3.63) is 114 Å². The summed E-state index contributed by atoms with van der Waals surface area (Å²) >= 11 is 0. The third-order valence-corrected chi connectivity index (χ3v) is 7.40. The van der Waals surface area contributed by atoms with Crippen LogP contribution in [0.5, 0.6) is 5.75 Å². The molecule has 5 nitrogen and oxygen atoms in total. The maximum Gasteiger partial charge on any atom is 0.119 e. The van der Waals surface area contributed by atoms with E-state index in [9.17, 15) is 0 Å². The van der Waals surface area contributed by atoms with Crippen LogP contribution in [0.2, 0.25) is 0 Å². The topological polar surface area (TPSA) is 49.0 Å². The van der Waals surface area contributed by atoms with Crippen LogP contribution < -0.4 is 10.1 Å². The zero-order chi connectivity index (χ0) is 26.7. The molecule has 0 bridgehead atoms. The summed E-state index contributed by atoms with van der Waals surface area (Å²) in [4.78, 5) is 0. The fourth-order valence-corrected chi connectivity index (χ4v) is 5.43. The standard InChI is InChI=1S/C34H39NO4/c1-36-25-31-21-35-22-33(39-24-27-12-13-28-10-5-6-11-30(28)20-27)34(31)29-14-16-32(17-15-29)38-19-7-18-37-23-26-8-3-2-4-9-26/h2-6,8-17,20,31,33-35H,7,18-19,21-25H2,1H3. The molecule has 0 aromatic heterocycles. The summed E-state index contributed by atoms with van der Waals surface area (Å²) in [6, 6.07) is 33.8. The maximum atomic E-state index is 6.56. The Labute approximate surface area is 232 Å². The second-order valence-electron chi connectivity index (χ2n) is 10.2. The molecule has 4 aromatic rings. The Hall–Kier alpha value is -3.22. The van der Waals surface area contributed by atoms with Gasteiger partial charge in [-0.25, -0.2) is 0 Å². The minimum Gasteiger partial charge on any atom is -0.494 e. The Morgan fingerprint density at radius 2 is 1.54 bits per heavy atom. The van der Waals surface area contributed by atoms with Crippen LogP contribution >= 0.6 is 0 Å². The largest absolute Gasteiger partial charge is 0.494 e. The van der Waals surface area contributed by atoms with Crippen LogP contribution in [-0.2, 0) is 27.4 Å². The van der Waals surface area contributed by atoms with Crippen molar-refractivity contribution in [1.29, 1.82) is 0 Å². The lowest BCUT2D eigenvalue weighted by Crippen LogP contribution is -2.48. The van der Waals surface area contributed by atoms with E-state index in [1.165, 1.54) is 27.5 Å². The Kier molecular flexibility index (Phi) is 9.99. The van der Waals surface area contributed by atoms with Crippen LogP contribution in [0.15, 0.2) is 97.1 Å². The lowest BCUT2D eigenvalue weighted by atomic mass is 9.79. The highest BCUT2D eigenvalue weighted by atomic mass is 16.5. The number of piperidine rings is 1. The van der Waals surface area contributed by atoms with Crippen LogP contribution in [0.3, 0.4) is 0 Å². The van der Waals surface area contributed by atoms with Gasteiger partial charge in [0.1, 0.15) is 5.75 Å². The molecule has 4 aromatic carbocycles. The van der Waals surface area contributed by atoms with Crippen molar-refractivity contribution < 1.29 is 18.9 Å². The molecule has 1 heterocycles. The van der Waals surface area contributed by atoms with Gasteiger partial charge in [0.2, 0.25) is 0 Å². The second kappa shape index (κ2) is 14.2. The van der Waals surface area contributed by atoms with Crippen molar-refractivity contribution >= 4 is 10.8 Å². The predicted octanol–water partition coefficient (Wildman–Crippen LogP) is 6.36. The first-order chi connectivity index (χ1) is 19.3. The van der Waals surface area contributed by atoms with E-state index < -0.39 is 0 Å². The third-order valence-electron chi connectivity index (χ3n) is 7.40. The summed E-state index contributed by atoms with van der Waals surface area (Å²) < 4.78 is 23.9. The van der Waals surface area contributed by atoms with E-state index in [1.54, 1.807) is 7.11 Å². The van der Waals surface area contributed by atoms with Gasteiger partial charge in [0.15, 0.2) is 0 Å². The van der Waals surface area contributed by atoms with Crippen LogP contribution in [0, 0.1) is 5.92 Å². The predicted molar refractivity (Wildman–Crippen MR) is 156 cm³/mol. The van der Waals surface area contributed by atoms with Crippen molar-refractivity contribution in [2.75, 3.05) is 40.0 Å².